The molecule has 3 amide bonds. The van der Waals surface area contributed by atoms with Gasteiger partial charge in [-0.15, -0.1) is 0 Å². The van der Waals surface area contributed by atoms with Crippen LogP contribution in [0.2, 0.25) is 0 Å². The van der Waals surface area contributed by atoms with Gasteiger partial charge in [0, 0.05) is 25.4 Å². The number of carbonyl (C=O) groups is 2. The van der Waals surface area contributed by atoms with E-state index in [1.165, 1.54) is 23.5 Å². The Balaban J connectivity index is 2.20. The predicted molar refractivity (Wildman–Crippen MR) is 47.5 cm³/mol. The summed E-state index contributed by atoms with van der Waals surface area (Å²) in [5.74, 6) is 0.202. The van der Waals surface area contributed by atoms with Crippen LogP contribution in [0.15, 0.2) is 18.6 Å². The third kappa shape index (κ3) is 1.54. The fourth-order valence-corrected chi connectivity index (χ4v) is 1.21. The van der Waals surface area contributed by atoms with Crippen LogP contribution in [0.3, 0.4) is 0 Å². The summed E-state index contributed by atoms with van der Waals surface area (Å²) in [5.41, 5.74) is 0. The number of imide groups is 1. The molecule has 1 aromatic heterocycles. The fraction of sp³-hybridized carbons (Fsp3) is 0.250. The van der Waals surface area contributed by atoms with E-state index in [-0.39, 0.29) is 5.91 Å². The second kappa shape index (κ2) is 3.41. The smallest absolute Gasteiger partial charge is 0.278 e. The van der Waals surface area contributed by atoms with Crippen molar-refractivity contribution in [3.8, 4) is 0 Å². The van der Waals surface area contributed by atoms with Gasteiger partial charge in [0.1, 0.15) is 0 Å². The highest BCUT2D eigenvalue weighted by Crippen LogP contribution is 2.11. The van der Waals surface area contributed by atoms with Crippen LogP contribution in [0.25, 0.3) is 0 Å². The molecule has 1 aromatic rings. The van der Waals surface area contributed by atoms with Gasteiger partial charge in [-0.1, -0.05) is 0 Å². The van der Waals surface area contributed by atoms with Crippen LogP contribution in [0.1, 0.15) is 6.42 Å². The summed E-state index contributed by atoms with van der Waals surface area (Å²) in [4.78, 5) is 31.4. The minimum absolute atomic E-state index is 0.254. The van der Waals surface area contributed by atoms with Gasteiger partial charge in [0.2, 0.25) is 5.91 Å². The molecule has 72 valence electrons. The Labute approximate surface area is 80.0 Å². The van der Waals surface area contributed by atoms with E-state index in [1.807, 2.05) is 0 Å². The molecule has 1 aliphatic rings. The van der Waals surface area contributed by atoms with E-state index < -0.39 is 6.03 Å². The van der Waals surface area contributed by atoms with Crippen LogP contribution in [0.4, 0.5) is 10.6 Å². The number of aromatic nitrogens is 2. The lowest BCUT2D eigenvalue weighted by molar-refractivity contribution is -0.120. The molecular weight excluding hydrogens is 184 g/mol. The van der Waals surface area contributed by atoms with Gasteiger partial charge in [-0.05, 0) is 0 Å². The summed E-state index contributed by atoms with van der Waals surface area (Å²) in [6, 6.07) is -0.443. The number of hydrogen-bond acceptors (Lipinski definition) is 4. The number of hydrogen-bond donors (Lipinski definition) is 1. The normalized spacial score (nSPS) is 16.7. The van der Waals surface area contributed by atoms with E-state index in [0.29, 0.717) is 18.8 Å². The van der Waals surface area contributed by atoms with E-state index >= 15 is 0 Å². The van der Waals surface area contributed by atoms with Crippen LogP contribution in [-0.2, 0) is 4.79 Å². The largest absolute Gasteiger partial charge is 0.329 e. The highest BCUT2D eigenvalue weighted by molar-refractivity contribution is 6.04. The Morgan fingerprint density at radius 2 is 2.21 bits per heavy atom. The SMILES string of the molecule is O=C1CCN(c2cnccn2)C(=O)N1. The number of amides is 3. The molecule has 14 heavy (non-hydrogen) atoms. The molecule has 0 atom stereocenters. The van der Waals surface area contributed by atoms with Crippen molar-refractivity contribution >= 4 is 17.8 Å². The van der Waals surface area contributed by atoms with Crippen molar-refractivity contribution in [2.24, 2.45) is 0 Å². The van der Waals surface area contributed by atoms with E-state index in [2.05, 4.69) is 15.3 Å². The van der Waals surface area contributed by atoms with Crippen molar-refractivity contribution in [3.63, 3.8) is 0 Å². The van der Waals surface area contributed by atoms with E-state index in [4.69, 9.17) is 0 Å². The summed E-state index contributed by atoms with van der Waals surface area (Å²) in [7, 11) is 0. The molecule has 2 rings (SSSR count). The molecule has 6 heteroatoms. The fourth-order valence-electron chi connectivity index (χ4n) is 1.21. The average Bonchev–Trinajstić information content (AvgIpc) is 2.19. The van der Waals surface area contributed by atoms with Crippen molar-refractivity contribution in [1.82, 2.24) is 15.3 Å². The first-order valence-corrected chi connectivity index (χ1v) is 4.15. The van der Waals surface area contributed by atoms with Gasteiger partial charge >= 0.3 is 6.03 Å². The van der Waals surface area contributed by atoms with Crippen LogP contribution in [0, 0.1) is 0 Å². The molecule has 6 nitrogen and oxygen atoms in total. The molecule has 0 saturated carbocycles. The minimum Gasteiger partial charge on any atom is -0.278 e. The Morgan fingerprint density at radius 3 is 2.86 bits per heavy atom. The lowest BCUT2D eigenvalue weighted by Crippen LogP contribution is -2.49. The van der Waals surface area contributed by atoms with Crippen molar-refractivity contribution in [2.75, 3.05) is 11.4 Å². The Kier molecular flexibility index (Phi) is 2.10. The molecule has 0 bridgehead atoms. The Morgan fingerprint density at radius 1 is 1.36 bits per heavy atom. The first-order valence-electron chi connectivity index (χ1n) is 4.15. The summed E-state index contributed by atoms with van der Waals surface area (Å²) < 4.78 is 0. The van der Waals surface area contributed by atoms with E-state index in [1.54, 1.807) is 0 Å². The van der Waals surface area contributed by atoms with Gasteiger partial charge < -0.3 is 0 Å². The predicted octanol–water partition coefficient (Wildman–Crippen LogP) is -0.0771. The monoisotopic (exact) mass is 192 g/mol. The summed E-state index contributed by atoms with van der Waals surface area (Å²) in [6.07, 6.45) is 4.80. The highest BCUT2D eigenvalue weighted by atomic mass is 16.2. The van der Waals surface area contributed by atoms with E-state index in [0.717, 1.165) is 0 Å². The third-order valence-electron chi connectivity index (χ3n) is 1.88. The summed E-state index contributed by atoms with van der Waals surface area (Å²) in [5, 5.41) is 2.21. The second-order valence-corrected chi connectivity index (χ2v) is 2.82. The number of anilines is 1. The molecule has 0 unspecified atom stereocenters. The zero-order valence-electron chi connectivity index (χ0n) is 7.30. The van der Waals surface area contributed by atoms with E-state index in [9.17, 15) is 9.59 Å². The van der Waals surface area contributed by atoms with Gasteiger partial charge in [-0.2, -0.15) is 0 Å². The topological polar surface area (TPSA) is 75.2 Å². The molecule has 1 fully saturated rings. The van der Waals surface area contributed by atoms with Gasteiger partial charge in [0.05, 0.1) is 6.20 Å². The second-order valence-electron chi connectivity index (χ2n) is 2.82. The third-order valence-corrected chi connectivity index (χ3v) is 1.88. The molecule has 1 aliphatic heterocycles. The average molecular weight is 192 g/mol. The first-order chi connectivity index (χ1) is 6.77. The van der Waals surface area contributed by atoms with Gasteiger partial charge in [0.25, 0.3) is 0 Å². The zero-order chi connectivity index (χ0) is 9.97. The number of urea groups is 1. The maximum atomic E-state index is 11.3. The van der Waals surface area contributed by atoms with Crippen LogP contribution in [-0.4, -0.2) is 28.5 Å². The summed E-state index contributed by atoms with van der Waals surface area (Å²) in [6.45, 7) is 0.351. The molecule has 0 spiro atoms. The van der Waals surface area contributed by atoms with Crippen LogP contribution in [0.5, 0.6) is 0 Å². The molecule has 1 saturated heterocycles. The highest BCUT2D eigenvalue weighted by Gasteiger charge is 2.24. The van der Waals surface area contributed by atoms with Crippen LogP contribution < -0.4 is 10.2 Å². The molecule has 0 aliphatic carbocycles. The lowest BCUT2D eigenvalue weighted by Gasteiger charge is -2.24. The zero-order valence-corrected chi connectivity index (χ0v) is 7.30. The molecule has 1 N–H and O–H groups in total. The molecule has 2 heterocycles. The minimum atomic E-state index is -0.443. The number of rotatable bonds is 1. The lowest BCUT2D eigenvalue weighted by atomic mass is 10.3. The summed E-state index contributed by atoms with van der Waals surface area (Å²) >= 11 is 0. The molecule has 0 aromatic carbocycles. The maximum Gasteiger partial charge on any atom is 0.329 e. The maximum absolute atomic E-state index is 11.3. The quantitative estimate of drug-likeness (QED) is 0.675. The molecular formula is C8H8N4O2. The molecule has 0 radical (unpaired) electrons. The van der Waals surface area contributed by atoms with Gasteiger partial charge in [-0.3, -0.25) is 20.0 Å². The first kappa shape index (κ1) is 8.61. The number of nitrogens with one attached hydrogen (secondary N) is 1. The Hall–Kier alpha value is -1.98. The van der Waals surface area contributed by atoms with Crippen molar-refractivity contribution in [2.45, 2.75) is 6.42 Å². The van der Waals surface area contributed by atoms with Crippen molar-refractivity contribution in [1.29, 1.82) is 0 Å². The Bertz CT molecular complexity index is 365. The van der Waals surface area contributed by atoms with Crippen LogP contribution >= 0.6 is 0 Å². The van der Waals surface area contributed by atoms with Gasteiger partial charge in [-0.25, -0.2) is 9.78 Å². The number of carbonyl (C=O) groups excluding carboxylic acids is 2. The standard InChI is InChI=1S/C8H8N4O2/c13-7-1-4-12(8(14)11-7)6-5-9-2-3-10-6/h2-3,5H,1,4H2,(H,11,13,14). The number of nitrogens with zero attached hydrogens (tertiary/aromatic N) is 3. The van der Waals surface area contributed by atoms with Crippen molar-refractivity contribution < 1.29 is 9.59 Å². The van der Waals surface area contributed by atoms with Crippen molar-refractivity contribution in [3.05, 3.63) is 18.6 Å². The van der Waals surface area contributed by atoms with Gasteiger partial charge in [0.15, 0.2) is 5.82 Å².